The summed E-state index contributed by atoms with van der Waals surface area (Å²) in [6.07, 6.45) is 4.93. The molecule has 70 valence electrons. The molecule has 0 bridgehead atoms. The minimum Gasteiger partial charge on any atom is -0.298 e. The first kappa shape index (κ1) is 10.7. The maximum absolute atomic E-state index is 10.7. The fourth-order valence-electron chi connectivity index (χ4n) is 1.17. The van der Waals surface area contributed by atoms with E-state index in [1.807, 2.05) is 18.6 Å². The van der Waals surface area contributed by atoms with Gasteiger partial charge in [-0.2, -0.15) is 0 Å². The maximum Gasteiger partial charge on any atom is 0.151 e. The quantitative estimate of drug-likeness (QED) is 0.565. The first-order chi connectivity index (χ1) is 6.22. The van der Waals surface area contributed by atoms with Crippen LogP contribution >= 0.6 is 23.5 Å². The van der Waals surface area contributed by atoms with Gasteiger partial charge < -0.3 is 0 Å². The van der Waals surface area contributed by atoms with Gasteiger partial charge in [0.1, 0.15) is 0 Å². The van der Waals surface area contributed by atoms with E-state index in [-0.39, 0.29) is 0 Å². The molecule has 0 radical (unpaired) electrons. The van der Waals surface area contributed by atoms with E-state index < -0.39 is 0 Å². The molecule has 1 nitrogen and oxygen atoms in total. The van der Waals surface area contributed by atoms with E-state index in [0.29, 0.717) is 0 Å². The number of hydrogen-bond donors (Lipinski definition) is 0. The zero-order valence-electron chi connectivity index (χ0n) is 7.96. The van der Waals surface area contributed by atoms with Crippen molar-refractivity contribution in [2.75, 3.05) is 12.5 Å². The third-order valence-corrected chi connectivity index (χ3v) is 3.55. The molecule has 3 heteroatoms. The van der Waals surface area contributed by atoms with Crippen molar-refractivity contribution in [3.05, 3.63) is 23.3 Å². The van der Waals surface area contributed by atoms with Gasteiger partial charge in [0.15, 0.2) is 6.29 Å². The number of carbonyl (C=O) groups excluding carboxylic acids is 1. The van der Waals surface area contributed by atoms with E-state index in [1.54, 1.807) is 23.5 Å². The van der Waals surface area contributed by atoms with Gasteiger partial charge in [-0.15, -0.1) is 23.5 Å². The van der Waals surface area contributed by atoms with Gasteiger partial charge in [-0.05, 0) is 37.1 Å². The van der Waals surface area contributed by atoms with Crippen LogP contribution in [-0.4, -0.2) is 18.8 Å². The van der Waals surface area contributed by atoms with Crippen molar-refractivity contribution in [3.63, 3.8) is 0 Å². The van der Waals surface area contributed by atoms with Crippen LogP contribution < -0.4 is 0 Å². The fourth-order valence-corrected chi connectivity index (χ4v) is 2.43. The highest BCUT2D eigenvalue weighted by molar-refractivity contribution is 7.99. The van der Waals surface area contributed by atoms with E-state index in [4.69, 9.17) is 0 Å². The highest BCUT2D eigenvalue weighted by Crippen LogP contribution is 2.27. The Morgan fingerprint density at radius 2 is 1.77 bits per heavy atom. The van der Waals surface area contributed by atoms with E-state index in [0.717, 1.165) is 16.7 Å². The molecule has 0 saturated heterocycles. The monoisotopic (exact) mass is 212 g/mol. The average molecular weight is 212 g/mol. The van der Waals surface area contributed by atoms with E-state index in [2.05, 4.69) is 13.0 Å². The van der Waals surface area contributed by atoms with Crippen LogP contribution in [0.5, 0.6) is 0 Å². The molecule has 1 rings (SSSR count). The second-order valence-corrected chi connectivity index (χ2v) is 4.38. The SMILES string of the molecule is CSc1cc(C=O)c(SC)cc1C. The lowest BCUT2D eigenvalue weighted by molar-refractivity contribution is 0.112. The molecular weight excluding hydrogens is 200 g/mol. The summed E-state index contributed by atoms with van der Waals surface area (Å²) < 4.78 is 0. The summed E-state index contributed by atoms with van der Waals surface area (Å²) in [4.78, 5) is 13.0. The predicted octanol–water partition coefficient (Wildman–Crippen LogP) is 3.25. The van der Waals surface area contributed by atoms with E-state index in [1.165, 1.54) is 10.5 Å². The zero-order valence-corrected chi connectivity index (χ0v) is 9.59. The molecule has 0 N–H and O–H groups in total. The molecule has 0 unspecified atom stereocenters. The van der Waals surface area contributed by atoms with E-state index in [9.17, 15) is 4.79 Å². The van der Waals surface area contributed by atoms with Crippen LogP contribution in [0, 0.1) is 6.92 Å². The van der Waals surface area contributed by atoms with Crippen LogP contribution in [0.4, 0.5) is 0 Å². The second kappa shape index (κ2) is 4.72. The molecule has 0 aliphatic rings. The number of hydrogen-bond acceptors (Lipinski definition) is 3. The van der Waals surface area contributed by atoms with Crippen LogP contribution in [0.2, 0.25) is 0 Å². The molecular formula is C10H12OS2. The van der Waals surface area contributed by atoms with Crippen molar-refractivity contribution in [1.29, 1.82) is 0 Å². The van der Waals surface area contributed by atoms with Crippen LogP contribution in [0.3, 0.4) is 0 Å². The molecule has 0 spiro atoms. The number of thioether (sulfide) groups is 2. The minimum absolute atomic E-state index is 0.794. The highest BCUT2D eigenvalue weighted by Gasteiger charge is 2.04. The van der Waals surface area contributed by atoms with Gasteiger partial charge in [0.2, 0.25) is 0 Å². The van der Waals surface area contributed by atoms with Gasteiger partial charge in [-0.3, -0.25) is 4.79 Å². The summed E-state index contributed by atoms with van der Waals surface area (Å²) in [6, 6.07) is 4.03. The van der Waals surface area contributed by atoms with Crippen molar-refractivity contribution >= 4 is 29.8 Å². The van der Waals surface area contributed by atoms with Gasteiger partial charge >= 0.3 is 0 Å². The molecule has 0 amide bonds. The van der Waals surface area contributed by atoms with Crippen molar-refractivity contribution < 1.29 is 4.79 Å². The Labute approximate surface area is 87.3 Å². The van der Waals surface area contributed by atoms with Crippen LogP contribution in [0.1, 0.15) is 15.9 Å². The smallest absolute Gasteiger partial charge is 0.151 e. The number of aldehydes is 1. The largest absolute Gasteiger partial charge is 0.298 e. The number of benzene rings is 1. The predicted molar refractivity (Wildman–Crippen MR) is 60.1 cm³/mol. The Morgan fingerprint density at radius 1 is 1.15 bits per heavy atom. The first-order valence-electron chi connectivity index (χ1n) is 3.90. The van der Waals surface area contributed by atoms with Gasteiger partial charge in [0, 0.05) is 15.4 Å². The van der Waals surface area contributed by atoms with E-state index >= 15 is 0 Å². The van der Waals surface area contributed by atoms with Crippen LogP contribution in [-0.2, 0) is 0 Å². The normalized spacial score (nSPS) is 10.1. The van der Waals surface area contributed by atoms with Gasteiger partial charge in [0.25, 0.3) is 0 Å². The lowest BCUT2D eigenvalue weighted by atomic mass is 10.2. The molecule has 0 atom stereocenters. The van der Waals surface area contributed by atoms with Gasteiger partial charge in [-0.25, -0.2) is 0 Å². The lowest BCUT2D eigenvalue weighted by Gasteiger charge is -2.07. The van der Waals surface area contributed by atoms with Crippen molar-refractivity contribution in [2.45, 2.75) is 16.7 Å². The molecule has 0 saturated carbocycles. The molecule has 0 aliphatic heterocycles. The van der Waals surface area contributed by atoms with Crippen molar-refractivity contribution in [2.24, 2.45) is 0 Å². The number of carbonyl (C=O) groups is 1. The summed E-state index contributed by atoms with van der Waals surface area (Å²) in [7, 11) is 0. The Balaban J connectivity index is 3.26. The second-order valence-electron chi connectivity index (χ2n) is 2.68. The standard InChI is InChI=1S/C10H12OS2/c1-7-4-10(13-3)8(6-11)5-9(7)12-2/h4-6H,1-3H3. The number of rotatable bonds is 3. The summed E-state index contributed by atoms with van der Waals surface area (Å²) in [5.74, 6) is 0. The van der Waals surface area contributed by atoms with Crippen LogP contribution in [0.25, 0.3) is 0 Å². The molecule has 1 aromatic carbocycles. The third-order valence-electron chi connectivity index (χ3n) is 1.87. The third kappa shape index (κ3) is 2.29. The maximum atomic E-state index is 10.7. The first-order valence-corrected chi connectivity index (χ1v) is 6.35. The van der Waals surface area contributed by atoms with Crippen LogP contribution in [0.15, 0.2) is 21.9 Å². The molecule has 0 fully saturated rings. The fraction of sp³-hybridized carbons (Fsp3) is 0.300. The zero-order chi connectivity index (χ0) is 9.84. The van der Waals surface area contributed by atoms with Gasteiger partial charge in [-0.1, -0.05) is 0 Å². The Morgan fingerprint density at radius 3 is 2.23 bits per heavy atom. The number of aryl methyl sites for hydroxylation is 1. The summed E-state index contributed by atoms with van der Waals surface area (Å²) in [5, 5.41) is 0. The topological polar surface area (TPSA) is 17.1 Å². The van der Waals surface area contributed by atoms with Crippen molar-refractivity contribution in [1.82, 2.24) is 0 Å². The molecule has 0 aliphatic carbocycles. The van der Waals surface area contributed by atoms with Gasteiger partial charge in [0.05, 0.1) is 0 Å². The highest BCUT2D eigenvalue weighted by atomic mass is 32.2. The summed E-state index contributed by atoms with van der Waals surface area (Å²) in [5.41, 5.74) is 2.03. The molecule has 0 aromatic heterocycles. The minimum atomic E-state index is 0.794. The molecule has 13 heavy (non-hydrogen) atoms. The Hall–Kier alpha value is -0.410. The average Bonchev–Trinajstić information content (AvgIpc) is 2.17. The summed E-state index contributed by atoms with van der Waals surface area (Å²) in [6.45, 7) is 2.07. The molecule has 0 heterocycles. The Kier molecular flexibility index (Phi) is 3.88. The molecule has 1 aromatic rings. The Bertz CT molecular complexity index is 321. The summed E-state index contributed by atoms with van der Waals surface area (Å²) >= 11 is 3.29. The van der Waals surface area contributed by atoms with Crippen molar-refractivity contribution in [3.8, 4) is 0 Å². The lowest BCUT2D eigenvalue weighted by Crippen LogP contribution is -1.88.